The molecule has 1 aromatic heterocycles. The van der Waals surface area contributed by atoms with E-state index in [1.807, 2.05) is 34.1 Å². The van der Waals surface area contributed by atoms with E-state index in [-0.39, 0.29) is 11.8 Å². The van der Waals surface area contributed by atoms with Crippen molar-refractivity contribution in [2.45, 2.75) is 72.9 Å². The van der Waals surface area contributed by atoms with Gasteiger partial charge in [0.1, 0.15) is 6.17 Å². The number of aromatic nitrogens is 2. The second-order valence-electron chi connectivity index (χ2n) is 9.81. The second-order valence-corrected chi connectivity index (χ2v) is 9.81. The van der Waals surface area contributed by atoms with Gasteiger partial charge in [0, 0.05) is 68.7 Å². The highest BCUT2D eigenvalue weighted by molar-refractivity contribution is 5.93. The van der Waals surface area contributed by atoms with Crippen LogP contribution in [-0.2, 0) is 11.8 Å². The van der Waals surface area contributed by atoms with Crippen LogP contribution in [0.25, 0.3) is 5.57 Å². The van der Waals surface area contributed by atoms with E-state index in [9.17, 15) is 9.18 Å². The largest absolute Gasteiger partial charge is 0.345 e. The van der Waals surface area contributed by atoms with Crippen LogP contribution >= 0.6 is 0 Å². The van der Waals surface area contributed by atoms with Gasteiger partial charge in [-0.25, -0.2) is 4.39 Å². The van der Waals surface area contributed by atoms with E-state index in [1.54, 1.807) is 29.6 Å². The van der Waals surface area contributed by atoms with Gasteiger partial charge in [-0.3, -0.25) is 9.48 Å². The number of amides is 1. The summed E-state index contributed by atoms with van der Waals surface area (Å²) in [6, 6.07) is 4.30. The lowest BCUT2D eigenvalue weighted by Gasteiger charge is -2.35. The number of hydrogen-bond donors (Lipinski definition) is 0. The quantitative estimate of drug-likeness (QED) is 0.414. The summed E-state index contributed by atoms with van der Waals surface area (Å²) in [6.07, 6.45) is 7.20. The maximum absolute atomic E-state index is 14.1. The van der Waals surface area contributed by atoms with Gasteiger partial charge in [0.25, 0.3) is 0 Å². The summed E-state index contributed by atoms with van der Waals surface area (Å²) in [5, 5.41) is 4.30. The van der Waals surface area contributed by atoms with Gasteiger partial charge in [0.05, 0.1) is 6.20 Å². The molecule has 192 valence electrons. The van der Waals surface area contributed by atoms with Crippen molar-refractivity contribution in [3.8, 4) is 11.8 Å². The number of aryl methyl sites for hydroxylation is 2. The Hall–Kier alpha value is -3.33. The average Bonchev–Trinajstić information content (AvgIpc) is 3.25. The maximum atomic E-state index is 14.1. The first-order valence-corrected chi connectivity index (χ1v) is 12.7. The predicted octanol–water partition coefficient (Wildman–Crippen LogP) is 6.54. The number of benzene rings is 1. The number of halogens is 1. The zero-order chi connectivity index (χ0) is 26.6. The van der Waals surface area contributed by atoms with E-state index in [4.69, 9.17) is 0 Å². The van der Waals surface area contributed by atoms with E-state index in [1.165, 1.54) is 5.57 Å². The highest BCUT2D eigenvalue weighted by atomic mass is 19.1. The summed E-state index contributed by atoms with van der Waals surface area (Å²) in [7, 11) is 3.69. The van der Waals surface area contributed by atoms with Crippen molar-refractivity contribution in [3.05, 3.63) is 58.6 Å². The highest BCUT2D eigenvalue weighted by Crippen LogP contribution is 2.39. The molecule has 0 saturated heterocycles. The van der Waals surface area contributed by atoms with Gasteiger partial charge in [-0.2, -0.15) is 5.10 Å². The summed E-state index contributed by atoms with van der Waals surface area (Å²) in [4.78, 5) is 16.2. The normalized spacial score (nSPS) is 15.9. The van der Waals surface area contributed by atoms with Crippen LogP contribution < -0.4 is 9.80 Å². The lowest BCUT2D eigenvalue weighted by Crippen LogP contribution is -2.29. The van der Waals surface area contributed by atoms with Gasteiger partial charge in [-0.05, 0) is 75.8 Å². The smallest absolute Gasteiger partial charge is 0.223 e. The van der Waals surface area contributed by atoms with Crippen LogP contribution in [0.3, 0.4) is 0 Å². The van der Waals surface area contributed by atoms with Crippen molar-refractivity contribution in [3.63, 3.8) is 0 Å². The zero-order valence-electron chi connectivity index (χ0n) is 22.9. The Morgan fingerprint density at radius 3 is 2.61 bits per heavy atom. The molecule has 0 fully saturated rings. The van der Waals surface area contributed by atoms with Crippen LogP contribution in [0, 0.1) is 18.8 Å². The monoisotopic (exact) mass is 490 g/mol. The summed E-state index contributed by atoms with van der Waals surface area (Å²) >= 11 is 0. The van der Waals surface area contributed by atoms with E-state index >= 15 is 0 Å². The van der Waals surface area contributed by atoms with Crippen molar-refractivity contribution in [1.82, 2.24) is 9.78 Å². The molecule has 0 spiro atoms. The van der Waals surface area contributed by atoms with Gasteiger partial charge < -0.3 is 9.80 Å². The van der Waals surface area contributed by atoms with Crippen LogP contribution in [0.2, 0.25) is 0 Å². The number of hydrogen-bond acceptors (Lipinski definition) is 3. The second kappa shape index (κ2) is 11.6. The molecule has 0 saturated carbocycles. The molecule has 0 radical (unpaired) electrons. The number of allylic oxidation sites excluding steroid dienone is 4. The van der Waals surface area contributed by atoms with E-state index in [0.29, 0.717) is 6.42 Å². The molecule has 2 heterocycles. The Bertz CT molecular complexity index is 1240. The molecular weight excluding hydrogens is 451 g/mol. The third-order valence-electron chi connectivity index (χ3n) is 6.92. The molecular formula is C30H39FN4O. The first kappa shape index (κ1) is 27.3. The summed E-state index contributed by atoms with van der Waals surface area (Å²) in [6.45, 7) is 12.2. The van der Waals surface area contributed by atoms with Crippen molar-refractivity contribution >= 4 is 22.9 Å². The number of alkyl halides is 1. The molecule has 1 aliphatic heterocycles. The Labute approximate surface area is 215 Å². The molecule has 2 unspecified atom stereocenters. The van der Waals surface area contributed by atoms with Crippen molar-refractivity contribution in [1.29, 1.82) is 0 Å². The fourth-order valence-corrected chi connectivity index (χ4v) is 4.90. The van der Waals surface area contributed by atoms with Crippen molar-refractivity contribution in [2.75, 3.05) is 23.4 Å². The summed E-state index contributed by atoms with van der Waals surface area (Å²) < 4.78 is 15.9. The molecule has 0 N–H and O–H groups in total. The molecule has 1 aromatic carbocycles. The number of carbonyl (C=O) groups excluding carboxylic acids is 1. The molecule has 36 heavy (non-hydrogen) atoms. The standard InChI is InChI=1S/C30H39FN4O/c1-9-11-20(2)28-14-21(3)29(34(8)24(6)36)17-30(28)35-13-10-12-25(23(35)5)16-26(15-22(4)31)27-18-32-33(7)19-27/h14,16-20,22H,10,12-13,15H2,1-8H3/b26-16+. The minimum Gasteiger partial charge on any atom is -0.345 e. The summed E-state index contributed by atoms with van der Waals surface area (Å²) in [5.74, 6) is 6.41. The Morgan fingerprint density at radius 2 is 2.03 bits per heavy atom. The number of carbonyl (C=O) groups is 1. The van der Waals surface area contributed by atoms with Crippen LogP contribution in [-0.4, -0.2) is 35.5 Å². The van der Waals surface area contributed by atoms with Gasteiger partial charge in [-0.1, -0.05) is 18.1 Å². The van der Waals surface area contributed by atoms with Crippen molar-refractivity contribution in [2.24, 2.45) is 7.05 Å². The molecule has 3 rings (SSSR count). The van der Waals surface area contributed by atoms with Crippen LogP contribution in [0.1, 0.15) is 76.5 Å². The molecule has 0 aliphatic carbocycles. The Kier molecular flexibility index (Phi) is 8.79. The first-order chi connectivity index (χ1) is 17.0. The number of rotatable bonds is 7. The van der Waals surface area contributed by atoms with Crippen LogP contribution in [0.15, 0.2) is 41.9 Å². The van der Waals surface area contributed by atoms with E-state index in [0.717, 1.165) is 58.7 Å². The topological polar surface area (TPSA) is 41.4 Å². The fourth-order valence-electron chi connectivity index (χ4n) is 4.90. The van der Waals surface area contributed by atoms with Gasteiger partial charge >= 0.3 is 0 Å². The fraction of sp³-hybridized carbons (Fsp3) is 0.467. The number of nitrogens with zero attached hydrogens (tertiary/aromatic N) is 4. The zero-order valence-corrected chi connectivity index (χ0v) is 22.9. The summed E-state index contributed by atoms with van der Waals surface area (Å²) in [5.41, 5.74) is 8.42. The SMILES string of the molecule is CC#CC(C)c1cc(C)c(N(C)C(C)=O)cc1N1CCCC(/C=C(\CC(C)F)c2cnn(C)c2)=C1C. The molecule has 2 atom stereocenters. The molecule has 2 aromatic rings. The molecule has 6 heteroatoms. The predicted molar refractivity (Wildman–Crippen MR) is 148 cm³/mol. The molecule has 1 amide bonds. The minimum absolute atomic E-state index is 0.00539. The number of anilines is 2. The van der Waals surface area contributed by atoms with Gasteiger partial charge in [0.15, 0.2) is 0 Å². The molecule has 0 bridgehead atoms. The lowest BCUT2D eigenvalue weighted by molar-refractivity contribution is -0.116. The van der Waals surface area contributed by atoms with Gasteiger partial charge in [0.2, 0.25) is 5.91 Å². The van der Waals surface area contributed by atoms with E-state index < -0.39 is 6.17 Å². The Morgan fingerprint density at radius 1 is 1.31 bits per heavy atom. The molecule has 1 aliphatic rings. The average molecular weight is 491 g/mol. The lowest BCUT2D eigenvalue weighted by atomic mass is 9.92. The van der Waals surface area contributed by atoms with E-state index in [2.05, 4.69) is 53.9 Å². The van der Waals surface area contributed by atoms with Crippen LogP contribution in [0.4, 0.5) is 15.8 Å². The third kappa shape index (κ3) is 6.07. The maximum Gasteiger partial charge on any atom is 0.223 e. The van der Waals surface area contributed by atoms with Crippen LogP contribution in [0.5, 0.6) is 0 Å². The van der Waals surface area contributed by atoms with Gasteiger partial charge in [-0.15, -0.1) is 5.92 Å². The Balaban J connectivity index is 2.17. The minimum atomic E-state index is -0.945. The first-order valence-electron chi connectivity index (χ1n) is 12.7. The molecule has 5 nitrogen and oxygen atoms in total. The highest BCUT2D eigenvalue weighted by Gasteiger charge is 2.24. The third-order valence-corrected chi connectivity index (χ3v) is 6.92. The van der Waals surface area contributed by atoms with Crippen molar-refractivity contribution < 1.29 is 9.18 Å².